The molecule has 0 aromatic heterocycles. The number of nitrogens with one attached hydrogen (secondary N) is 12. The Morgan fingerprint density at radius 1 is 0.143 bits per heavy atom. The van der Waals surface area contributed by atoms with E-state index in [4.69, 9.17) is 0 Å². The summed E-state index contributed by atoms with van der Waals surface area (Å²) in [6.07, 6.45) is 32.9. The van der Waals surface area contributed by atoms with E-state index in [0.717, 1.165) is 72.5 Å². The number of piperidine rings is 12. The molecule has 84 heavy (non-hydrogen) atoms. The molecule has 0 unspecified atom stereocenters. The summed E-state index contributed by atoms with van der Waals surface area (Å²) in [7, 11) is 0. The zero-order chi connectivity index (χ0) is 40.9. The molecule has 0 aromatic carbocycles. The fraction of sp³-hybridized carbons (Fsp3) is 1.00. The zero-order valence-electron chi connectivity index (χ0n) is 48.1. The van der Waals surface area contributed by atoms with Gasteiger partial charge in [0, 0.05) is 72.5 Å². The molecule has 0 saturated carbocycles. The summed E-state index contributed by atoms with van der Waals surface area (Å²) in [6.45, 7) is 14.9. The van der Waals surface area contributed by atoms with Crippen LogP contribution in [0.3, 0.4) is 0 Å². The topological polar surface area (TPSA) is 513 Å². The largest absolute Gasteiger partial charge is 2.00 e. The van der Waals surface area contributed by atoms with E-state index >= 15 is 0 Å². The van der Waals surface area contributed by atoms with E-state index in [1.807, 2.05) is 0 Å². The third-order valence-corrected chi connectivity index (χ3v) is 16.1. The van der Waals surface area contributed by atoms with Crippen LogP contribution in [0.2, 0.25) is 0 Å². The van der Waals surface area contributed by atoms with Crippen molar-refractivity contribution in [2.75, 3.05) is 78.5 Å². The van der Waals surface area contributed by atoms with Gasteiger partial charge in [-0.2, -0.15) is 0 Å². The van der Waals surface area contributed by atoms with Crippen LogP contribution in [0.4, 0.5) is 0 Å². The Morgan fingerprint density at radius 2 is 0.202 bits per heavy atom. The van der Waals surface area contributed by atoms with Crippen molar-refractivity contribution < 1.29 is 243 Å². The van der Waals surface area contributed by atoms with E-state index in [1.54, 1.807) is 0 Å². The van der Waals surface area contributed by atoms with Crippen molar-refractivity contribution in [3.05, 3.63) is 0 Å². The van der Waals surface area contributed by atoms with Gasteiger partial charge in [-0.05, 0) is 233 Å². The van der Waals surface area contributed by atoms with Crippen LogP contribution >= 0.6 is 0 Å². The quantitative estimate of drug-likeness (QED) is 0.100. The minimum Gasteiger partial charge on any atom is -1.00 e. The summed E-state index contributed by atoms with van der Waals surface area (Å²) < 4.78 is 0. The van der Waals surface area contributed by atoms with E-state index < -0.39 is 0 Å². The van der Waals surface area contributed by atoms with Crippen molar-refractivity contribution in [1.29, 1.82) is 0 Å². The Kier molecular flexibility index (Phi) is 134. The Morgan fingerprint density at radius 3 is 0.262 bits per heavy atom. The third kappa shape index (κ3) is 49.4. The first-order valence-electron chi connectivity index (χ1n) is 26.6. The minimum atomic E-state index is 0. The second-order valence-corrected chi connectivity index (χ2v) is 20.4. The van der Waals surface area contributed by atoms with Gasteiger partial charge in [-0.25, -0.2) is 0 Å². The molecule has 36 heteroatoms. The van der Waals surface area contributed by atoms with Crippen LogP contribution in [-0.2, 0) is 102 Å². The van der Waals surface area contributed by atoms with E-state index in [0.29, 0.717) is 0 Å². The zero-order valence-corrected chi connectivity index (χ0v) is 58.3. The summed E-state index contributed by atoms with van der Waals surface area (Å²) in [5.74, 6) is 0. The van der Waals surface area contributed by atoms with Crippen molar-refractivity contribution in [3.8, 4) is 0 Å². The van der Waals surface area contributed by atoms with Gasteiger partial charge < -0.3 is 204 Å². The van der Waals surface area contributed by atoms with Gasteiger partial charge in [0.05, 0.1) is 0 Å². The Labute approximate surface area is 606 Å². The summed E-state index contributed by atoms with van der Waals surface area (Å²) >= 11 is 0. The maximum atomic E-state index is 3.56. The SMILES string of the molecule is C1CN[C@H]2CCCN[C@H]2C1.C1CN[C@H]2CCCN[C@H]2C1.C1CN[C@H]2CCCN[C@H]2C1.C1CN[C@H]2CCCN[C@H]2C1.C1CN[C@H]2CCCN[C@H]2C1.C1CN[C@H]2CCCN[C@H]2C1.O.O.O.O.O.O.[Cl-].[Cl-].[Cl-].[Cl-].[Cl-].[Cl-].[Cu+2].[Cu+2].[Cu+2].[Cu+2].[Cu+2].[Cu+2].[OH-].[OH-].[OH-].[OH-].[OH-].[OH-]. The van der Waals surface area contributed by atoms with Crippen molar-refractivity contribution in [2.45, 2.75) is 227 Å². The van der Waals surface area contributed by atoms with Crippen LogP contribution in [0.5, 0.6) is 0 Å². The molecule has 12 rings (SSSR count). The van der Waals surface area contributed by atoms with Gasteiger partial charge in [0.2, 0.25) is 0 Å². The second kappa shape index (κ2) is 83.0. The predicted octanol–water partition coefficient (Wildman–Crippen LogP) is -21.1. The molecule has 6 radical (unpaired) electrons. The molecule has 0 spiro atoms. The van der Waals surface area contributed by atoms with Crippen molar-refractivity contribution in [1.82, 2.24) is 63.8 Å². The predicted molar refractivity (Wildman–Crippen MR) is 286 cm³/mol. The summed E-state index contributed by atoms with van der Waals surface area (Å²) in [5.41, 5.74) is 0. The van der Waals surface area contributed by atoms with Crippen molar-refractivity contribution in [3.63, 3.8) is 0 Å². The molecular weight excluding hydrogens is 1530 g/mol. The molecule has 12 aliphatic rings. The summed E-state index contributed by atoms with van der Waals surface area (Å²) in [4.78, 5) is 0. The maximum absolute atomic E-state index is 3.56. The number of hydrogen-bond acceptors (Lipinski definition) is 18. The molecule has 12 atom stereocenters. The molecule has 0 amide bonds. The fourth-order valence-corrected chi connectivity index (χ4v) is 12.7. The first-order valence-corrected chi connectivity index (χ1v) is 26.6. The summed E-state index contributed by atoms with van der Waals surface area (Å²) in [6, 6.07) is 9.53. The van der Waals surface area contributed by atoms with Gasteiger partial charge in [0.1, 0.15) is 0 Å². The molecular formula is C48H114Cl6Cu6N12O12. The number of fused-ring (bicyclic) bond motifs is 6. The van der Waals surface area contributed by atoms with E-state index in [9.17, 15) is 0 Å². The molecule has 30 N–H and O–H groups in total. The normalized spacial score (nSPS) is 29.1. The fourth-order valence-electron chi connectivity index (χ4n) is 12.7. The van der Waals surface area contributed by atoms with E-state index in [-0.39, 0.29) is 243 Å². The average molecular weight is 1650 g/mol. The van der Waals surface area contributed by atoms with Crippen LogP contribution in [0.1, 0.15) is 154 Å². The van der Waals surface area contributed by atoms with Crippen LogP contribution in [0.15, 0.2) is 0 Å². The maximum Gasteiger partial charge on any atom is 2.00 e. The molecule has 0 aliphatic carbocycles. The second-order valence-electron chi connectivity index (χ2n) is 20.4. The molecule has 546 valence electrons. The van der Waals surface area contributed by atoms with Crippen LogP contribution in [0, 0.1) is 0 Å². The van der Waals surface area contributed by atoms with Crippen molar-refractivity contribution >= 4 is 0 Å². The molecule has 12 heterocycles. The standard InChI is InChI=1S/6C8H16N2.6ClH.6Cu.12H2O/c6*1-3-7-8(9-5-1)4-2-6-10-7;;;;;;;;;;;;;;;;;;;;;;;;/h6*7-10H,1-6H2;6*1H;;;;;;;12*1H2/q;;;;;;;;;;;;6*+2;;;;;;;;;;;;/p-12/t6*7-,8-;;;;;;;;;;;;;;;;;;;;;;;;/m000000......................../s1. The monoisotopic (exact) mass is 1640 g/mol. The molecule has 12 fully saturated rings. The number of halogens is 6. The molecule has 24 nitrogen and oxygen atoms in total. The van der Waals surface area contributed by atoms with Gasteiger partial charge in [-0.3, -0.25) is 0 Å². The Bertz CT molecular complexity index is 853. The van der Waals surface area contributed by atoms with Gasteiger partial charge in [-0.1, -0.05) is 0 Å². The Balaban J connectivity index is -0.0000000368. The van der Waals surface area contributed by atoms with E-state index in [1.165, 1.54) is 233 Å². The van der Waals surface area contributed by atoms with Crippen LogP contribution < -0.4 is 138 Å². The van der Waals surface area contributed by atoms with Crippen LogP contribution in [0.25, 0.3) is 0 Å². The molecule has 0 bridgehead atoms. The van der Waals surface area contributed by atoms with Gasteiger partial charge in [-0.15, -0.1) is 0 Å². The smallest absolute Gasteiger partial charge is 1.00 e. The third-order valence-electron chi connectivity index (χ3n) is 16.1. The molecule has 12 aliphatic heterocycles. The number of hydrogen-bond donors (Lipinski definition) is 12. The van der Waals surface area contributed by atoms with E-state index in [2.05, 4.69) is 63.8 Å². The van der Waals surface area contributed by atoms with Crippen molar-refractivity contribution in [2.24, 2.45) is 0 Å². The van der Waals surface area contributed by atoms with Gasteiger partial charge in [0.15, 0.2) is 0 Å². The molecule has 12 saturated heterocycles. The van der Waals surface area contributed by atoms with Gasteiger partial charge >= 0.3 is 102 Å². The summed E-state index contributed by atoms with van der Waals surface area (Å²) in [5, 5.41) is 42.7. The first kappa shape index (κ1) is 136. The average Bonchev–Trinajstić information content (AvgIpc) is 3.35. The minimum absolute atomic E-state index is 0. The first-order chi connectivity index (χ1) is 29.8. The number of rotatable bonds is 0. The molecule has 0 aromatic rings. The van der Waals surface area contributed by atoms with Crippen LogP contribution in [-0.4, -0.2) is 217 Å². The van der Waals surface area contributed by atoms with Gasteiger partial charge in [0.25, 0.3) is 0 Å². The Hall–Kier alpha value is 3.90.